The zero-order valence-corrected chi connectivity index (χ0v) is 10.8. The number of halogens is 2. The van der Waals surface area contributed by atoms with Gasteiger partial charge in [-0.15, -0.1) is 0 Å². The highest BCUT2D eigenvalue weighted by molar-refractivity contribution is 9.10. The standard InChI is InChI=1S/C10H7BrClN3O2/c11-8-6(12)2-1-3-7(8)15-10(17)9(16)14-5-4-13/h1-3H,5H2,(H,14,16)(H,15,17). The SMILES string of the molecule is N#CCNC(=O)C(=O)Nc1cccc(Cl)c1Br. The molecule has 0 saturated carbocycles. The monoisotopic (exact) mass is 315 g/mol. The first-order valence-electron chi connectivity index (χ1n) is 4.46. The molecule has 0 fully saturated rings. The number of amides is 2. The van der Waals surface area contributed by atoms with Gasteiger partial charge in [-0.25, -0.2) is 0 Å². The first-order chi connectivity index (χ1) is 8.06. The lowest BCUT2D eigenvalue weighted by atomic mass is 10.3. The molecule has 1 aromatic carbocycles. The van der Waals surface area contributed by atoms with Crippen LogP contribution in [0.15, 0.2) is 22.7 Å². The number of anilines is 1. The molecule has 0 unspecified atom stereocenters. The first kappa shape index (κ1) is 13.5. The molecule has 0 heterocycles. The van der Waals surface area contributed by atoms with E-state index < -0.39 is 11.8 Å². The van der Waals surface area contributed by atoms with Crippen LogP contribution in [0.25, 0.3) is 0 Å². The number of rotatable bonds is 2. The molecule has 2 amide bonds. The number of nitriles is 1. The molecule has 5 nitrogen and oxygen atoms in total. The second-order valence-electron chi connectivity index (χ2n) is 2.90. The van der Waals surface area contributed by atoms with Crippen molar-refractivity contribution in [1.82, 2.24) is 5.32 Å². The average Bonchev–Trinajstić information content (AvgIpc) is 2.31. The number of carbonyl (C=O) groups excluding carboxylic acids is 2. The van der Waals surface area contributed by atoms with E-state index in [2.05, 4.69) is 26.6 Å². The Morgan fingerprint density at radius 3 is 2.76 bits per heavy atom. The summed E-state index contributed by atoms with van der Waals surface area (Å²) in [4.78, 5) is 22.6. The lowest BCUT2D eigenvalue weighted by Gasteiger charge is -2.07. The Balaban J connectivity index is 2.72. The van der Waals surface area contributed by atoms with E-state index >= 15 is 0 Å². The zero-order valence-electron chi connectivity index (χ0n) is 8.46. The topological polar surface area (TPSA) is 82.0 Å². The number of carbonyl (C=O) groups is 2. The molecule has 0 aliphatic rings. The van der Waals surface area contributed by atoms with Crippen LogP contribution in [0.2, 0.25) is 5.02 Å². The van der Waals surface area contributed by atoms with Crippen molar-refractivity contribution in [2.24, 2.45) is 0 Å². The lowest BCUT2D eigenvalue weighted by molar-refractivity contribution is -0.136. The van der Waals surface area contributed by atoms with Crippen molar-refractivity contribution in [1.29, 1.82) is 5.26 Å². The third kappa shape index (κ3) is 3.73. The molecule has 0 atom stereocenters. The zero-order chi connectivity index (χ0) is 12.8. The highest BCUT2D eigenvalue weighted by Crippen LogP contribution is 2.29. The van der Waals surface area contributed by atoms with Gasteiger partial charge < -0.3 is 10.6 Å². The molecule has 0 saturated heterocycles. The maximum absolute atomic E-state index is 11.4. The number of hydrogen-bond donors (Lipinski definition) is 2. The minimum atomic E-state index is -0.876. The molecule has 0 aliphatic heterocycles. The minimum absolute atomic E-state index is 0.219. The van der Waals surface area contributed by atoms with E-state index in [0.717, 1.165) is 0 Å². The van der Waals surface area contributed by atoms with Crippen LogP contribution in [0, 0.1) is 11.3 Å². The Kier molecular flexibility index (Phi) is 4.94. The van der Waals surface area contributed by atoms with Crippen molar-refractivity contribution in [2.45, 2.75) is 0 Å². The van der Waals surface area contributed by atoms with Crippen LogP contribution in [-0.4, -0.2) is 18.4 Å². The molecule has 7 heteroatoms. The van der Waals surface area contributed by atoms with Crippen molar-refractivity contribution in [2.75, 3.05) is 11.9 Å². The largest absolute Gasteiger partial charge is 0.335 e. The second-order valence-corrected chi connectivity index (χ2v) is 4.10. The summed E-state index contributed by atoms with van der Waals surface area (Å²) in [5.41, 5.74) is 0.384. The summed E-state index contributed by atoms with van der Waals surface area (Å²) in [6, 6.07) is 6.56. The minimum Gasteiger partial charge on any atom is -0.335 e. The first-order valence-corrected chi connectivity index (χ1v) is 5.63. The second kappa shape index (κ2) is 6.23. The van der Waals surface area contributed by atoms with Gasteiger partial charge in [0.1, 0.15) is 6.54 Å². The predicted molar refractivity (Wildman–Crippen MR) is 66.4 cm³/mol. The fraction of sp³-hybridized carbons (Fsp3) is 0.100. The van der Waals surface area contributed by atoms with Gasteiger partial charge in [0.2, 0.25) is 0 Å². The van der Waals surface area contributed by atoms with Crippen molar-refractivity contribution in [3.63, 3.8) is 0 Å². The van der Waals surface area contributed by atoms with Gasteiger partial charge in [-0.3, -0.25) is 9.59 Å². The molecule has 1 aromatic rings. The van der Waals surface area contributed by atoms with Gasteiger partial charge in [0, 0.05) is 0 Å². The van der Waals surface area contributed by atoms with Crippen LogP contribution in [-0.2, 0) is 9.59 Å². The Morgan fingerprint density at radius 1 is 1.41 bits per heavy atom. The van der Waals surface area contributed by atoms with Gasteiger partial charge >= 0.3 is 11.8 Å². The predicted octanol–water partition coefficient (Wildman–Crippen LogP) is 1.68. The van der Waals surface area contributed by atoms with E-state index in [1.54, 1.807) is 24.3 Å². The Hall–Kier alpha value is -1.58. The summed E-state index contributed by atoms with van der Waals surface area (Å²) in [5, 5.41) is 13.2. The molecule has 1 rings (SSSR count). The average molecular weight is 317 g/mol. The van der Waals surface area contributed by atoms with Crippen molar-refractivity contribution in [3.8, 4) is 6.07 Å². The third-order valence-electron chi connectivity index (χ3n) is 1.73. The van der Waals surface area contributed by atoms with E-state index in [9.17, 15) is 9.59 Å². The number of nitrogens with one attached hydrogen (secondary N) is 2. The lowest BCUT2D eigenvalue weighted by Crippen LogP contribution is -2.35. The van der Waals surface area contributed by atoms with Gasteiger partial charge in [-0.05, 0) is 28.1 Å². The van der Waals surface area contributed by atoms with E-state index in [0.29, 0.717) is 15.2 Å². The molecular weight excluding hydrogens is 309 g/mol. The number of hydrogen-bond acceptors (Lipinski definition) is 3. The quantitative estimate of drug-likeness (QED) is 0.643. The van der Waals surface area contributed by atoms with E-state index in [-0.39, 0.29) is 6.54 Å². The highest BCUT2D eigenvalue weighted by Gasteiger charge is 2.14. The molecule has 2 N–H and O–H groups in total. The Labute approximate surface area is 111 Å². The molecule has 88 valence electrons. The van der Waals surface area contributed by atoms with Crippen LogP contribution >= 0.6 is 27.5 Å². The Morgan fingerprint density at radius 2 is 2.12 bits per heavy atom. The van der Waals surface area contributed by atoms with Gasteiger partial charge in [-0.1, -0.05) is 17.7 Å². The van der Waals surface area contributed by atoms with Crippen LogP contribution in [0.3, 0.4) is 0 Å². The molecule has 0 aliphatic carbocycles. The van der Waals surface area contributed by atoms with Gasteiger partial charge in [0.05, 0.1) is 21.3 Å². The fourth-order valence-corrected chi connectivity index (χ4v) is 1.52. The summed E-state index contributed by atoms with van der Waals surface area (Å²) in [5.74, 6) is -1.73. The number of nitrogens with zero attached hydrogens (tertiary/aromatic N) is 1. The summed E-state index contributed by atoms with van der Waals surface area (Å²) in [6.07, 6.45) is 0. The smallest absolute Gasteiger partial charge is 0.313 e. The maximum atomic E-state index is 11.4. The van der Waals surface area contributed by atoms with E-state index in [1.165, 1.54) is 0 Å². The molecule has 0 aromatic heterocycles. The third-order valence-corrected chi connectivity index (χ3v) is 3.13. The Bertz CT molecular complexity index is 499. The van der Waals surface area contributed by atoms with Crippen LogP contribution in [0.4, 0.5) is 5.69 Å². The summed E-state index contributed by atoms with van der Waals surface area (Å²) in [6.45, 7) is -0.219. The normalized spacial score (nSPS) is 9.24. The van der Waals surface area contributed by atoms with Crippen LogP contribution < -0.4 is 10.6 Å². The molecule has 0 spiro atoms. The van der Waals surface area contributed by atoms with Gasteiger partial charge in [-0.2, -0.15) is 5.26 Å². The summed E-state index contributed by atoms with van der Waals surface area (Å²) < 4.78 is 0.489. The van der Waals surface area contributed by atoms with Crippen LogP contribution in [0.5, 0.6) is 0 Å². The summed E-state index contributed by atoms with van der Waals surface area (Å²) >= 11 is 9.00. The van der Waals surface area contributed by atoms with Crippen molar-refractivity contribution < 1.29 is 9.59 Å². The summed E-state index contributed by atoms with van der Waals surface area (Å²) in [7, 11) is 0. The van der Waals surface area contributed by atoms with Crippen molar-refractivity contribution in [3.05, 3.63) is 27.7 Å². The van der Waals surface area contributed by atoms with Gasteiger partial charge in [0.15, 0.2) is 0 Å². The molecule has 17 heavy (non-hydrogen) atoms. The maximum Gasteiger partial charge on any atom is 0.313 e. The molecule has 0 bridgehead atoms. The highest BCUT2D eigenvalue weighted by atomic mass is 79.9. The molecule has 0 radical (unpaired) electrons. The van der Waals surface area contributed by atoms with E-state index in [1.807, 2.05) is 0 Å². The van der Waals surface area contributed by atoms with Crippen molar-refractivity contribution >= 4 is 45.0 Å². The van der Waals surface area contributed by atoms with Crippen LogP contribution in [0.1, 0.15) is 0 Å². The number of benzene rings is 1. The fourth-order valence-electron chi connectivity index (χ4n) is 0.980. The van der Waals surface area contributed by atoms with E-state index in [4.69, 9.17) is 16.9 Å². The van der Waals surface area contributed by atoms with Gasteiger partial charge in [0.25, 0.3) is 0 Å². The molecular formula is C10H7BrClN3O2.